The molecule has 0 saturated heterocycles. The van der Waals surface area contributed by atoms with Crippen molar-refractivity contribution < 1.29 is 4.39 Å². The van der Waals surface area contributed by atoms with Gasteiger partial charge in [0, 0.05) is 16.5 Å². The molecule has 0 saturated carbocycles. The van der Waals surface area contributed by atoms with E-state index in [-0.39, 0.29) is 5.92 Å². The lowest BCUT2D eigenvalue weighted by atomic mass is 10.2. The van der Waals surface area contributed by atoms with Crippen molar-refractivity contribution in [1.29, 1.82) is 0 Å². The number of hydrogen-bond donors (Lipinski definition) is 3. The quantitative estimate of drug-likeness (QED) is 0.592. The molecule has 1 aromatic heterocycles. The average Bonchev–Trinajstić information content (AvgIpc) is 2.43. The van der Waals surface area contributed by atoms with Crippen molar-refractivity contribution in [1.82, 2.24) is 9.97 Å². The molecular formula is C14H17ClFN5. The number of hydrogen-bond acceptors (Lipinski definition) is 5. The number of halogens is 2. The van der Waals surface area contributed by atoms with Gasteiger partial charge in [0.1, 0.15) is 23.3 Å². The number of nitrogen functional groups attached to an aromatic ring is 1. The van der Waals surface area contributed by atoms with Crippen LogP contribution in [0.25, 0.3) is 0 Å². The summed E-state index contributed by atoms with van der Waals surface area (Å²) in [7, 11) is 0. The first-order chi connectivity index (χ1) is 9.92. The number of benzene rings is 1. The lowest BCUT2D eigenvalue weighted by Gasteiger charge is -2.15. The summed E-state index contributed by atoms with van der Waals surface area (Å²) in [5.74, 6) is 6.76. The van der Waals surface area contributed by atoms with E-state index in [9.17, 15) is 4.39 Å². The minimum atomic E-state index is -0.450. The predicted molar refractivity (Wildman–Crippen MR) is 83.4 cm³/mol. The first kappa shape index (κ1) is 15.5. The molecule has 0 aliphatic carbocycles. The number of hydrazine groups is 1. The van der Waals surface area contributed by atoms with E-state index in [1.54, 1.807) is 19.1 Å². The molecule has 0 unspecified atom stereocenters. The van der Waals surface area contributed by atoms with Crippen molar-refractivity contribution in [3.8, 4) is 0 Å². The highest BCUT2D eigenvalue weighted by molar-refractivity contribution is 6.30. The number of nitrogens with two attached hydrogens (primary N) is 1. The normalized spacial score (nSPS) is 10.8. The molecule has 0 atom stereocenters. The Morgan fingerprint density at radius 3 is 2.48 bits per heavy atom. The standard InChI is InChI=1S/C14H17ClFN5/c1-7(2)12-19-13(8(3)14(20-12)21-17)18-11-5-4-9(15)6-10(11)16/h4-7H,17H2,1-3H3,(H2,18,19,20,21). The molecular weight excluding hydrogens is 293 g/mol. The minimum absolute atomic E-state index is 0.119. The maximum atomic E-state index is 13.9. The first-order valence-electron chi connectivity index (χ1n) is 6.49. The fourth-order valence-corrected chi connectivity index (χ4v) is 1.93. The Balaban J connectivity index is 2.45. The van der Waals surface area contributed by atoms with Crippen molar-refractivity contribution in [3.05, 3.63) is 40.4 Å². The lowest BCUT2D eigenvalue weighted by molar-refractivity contribution is 0.631. The van der Waals surface area contributed by atoms with Crippen LogP contribution in [0.3, 0.4) is 0 Å². The third kappa shape index (κ3) is 3.40. The highest BCUT2D eigenvalue weighted by atomic mass is 35.5. The summed E-state index contributed by atoms with van der Waals surface area (Å²) in [5.41, 5.74) is 3.53. The van der Waals surface area contributed by atoms with Gasteiger partial charge in [-0.05, 0) is 25.1 Å². The largest absolute Gasteiger partial charge is 0.337 e. The number of rotatable bonds is 4. The second-order valence-corrected chi connectivity index (χ2v) is 5.39. The maximum Gasteiger partial charge on any atom is 0.148 e. The molecule has 2 rings (SSSR count). The minimum Gasteiger partial charge on any atom is -0.337 e. The van der Waals surface area contributed by atoms with E-state index in [4.69, 9.17) is 17.4 Å². The van der Waals surface area contributed by atoms with Gasteiger partial charge in [0.2, 0.25) is 0 Å². The summed E-state index contributed by atoms with van der Waals surface area (Å²) in [5, 5.41) is 3.30. The Hall–Kier alpha value is -1.92. The van der Waals surface area contributed by atoms with E-state index >= 15 is 0 Å². The van der Waals surface area contributed by atoms with Gasteiger partial charge in [0.25, 0.3) is 0 Å². The molecule has 0 bridgehead atoms. The van der Waals surface area contributed by atoms with Crippen molar-refractivity contribution in [3.63, 3.8) is 0 Å². The van der Waals surface area contributed by atoms with E-state index in [1.807, 2.05) is 13.8 Å². The van der Waals surface area contributed by atoms with E-state index in [0.29, 0.717) is 33.7 Å². The third-order valence-electron chi connectivity index (χ3n) is 3.00. The highest BCUT2D eigenvalue weighted by Gasteiger charge is 2.14. The fraction of sp³-hybridized carbons (Fsp3) is 0.286. The molecule has 21 heavy (non-hydrogen) atoms. The monoisotopic (exact) mass is 309 g/mol. The van der Waals surface area contributed by atoms with Gasteiger partial charge >= 0.3 is 0 Å². The van der Waals surface area contributed by atoms with E-state index in [2.05, 4.69) is 20.7 Å². The Morgan fingerprint density at radius 2 is 1.90 bits per heavy atom. The van der Waals surface area contributed by atoms with Crippen molar-refractivity contribution >= 4 is 28.9 Å². The summed E-state index contributed by atoms with van der Waals surface area (Å²) in [4.78, 5) is 8.75. The Kier molecular flexibility index (Phi) is 4.59. The average molecular weight is 310 g/mol. The van der Waals surface area contributed by atoms with Gasteiger partial charge in [-0.2, -0.15) is 0 Å². The van der Waals surface area contributed by atoms with Crippen LogP contribution in [0.2, 0.25) is 5.02 Å². The summed E-state index contributed by atoms with van der Waals surface area (Å²) in [6, 6.07) is 4.41. The van der Waals surface area contributed by atoms with Crippen LogP contribution in [0.4, 0.5) is 21.7 Å². The molecule has 5 nitrogen and oxygen atoms in total. The van der Waals surface area contributed by atoms with E-state index in [0.717, 1.165) is 0 Å². The van der Waals surface area contributed by atoms with Gasteiger partial charge in [-0.25, -0.2) is 20.2 Å². The van der Waals surface area contributed by atoms with Crippen LogP contribution in [0.5, 0.6) is 0 Å². The van der Waals surface area contributed by atoms with E-state index in [1.165, 1.54) is 6.07 Å². The third-order valence-corrected chi connectivity index (χ3v) is 3.24. The SMILES string of the molecule is Cc1c(NN)nc(C(C)C)nc1Nc1ccc(Cl)cc1F. The molecule has 112 valence electrons. The van der Waals surface area contributed by atoms with Gasteiger partial charge in [-0.15, -0.1) is 0 Å². The topological polar surface area (TPSA) is 75.9 Å². The molecule has 2 aromatic rings. The zero-order valence-corrected chi connectivity index (χ0v) is 12.8. The number of aromatic nitrogens is 2. The van der Waals surface area contributed by atoms with Gasteiger partial charge in [0.15, 0.2) is 0 Å². The van der Waals surface area contributed by atoms with Gasteiger partial charge in [-0.3, -0.25) is 0 Å². The Morgan fingerprint density at radius 1 is 1.24 bits per heavy atom. The lowest BCUT2D eigenvalue weighted by Crippen LogP contribution is -2.14. The smallest absolute Gasteiger partial charge is 0.148 e. The molecule has 0 radical (unpaired) electrons. The van der Waals surface area contributed by atoms with Crippen LogP contribution in [-0.2, 0) is 0 Å². The Labute approximate surface area is 127 Å². The van der Waals surface area contributed by atoms with Crippen LogP contribution in [0.15, 0.2) is 18.2 Å². The first-order valence-corrected chi connectivity index (χ1v) is 6.87. The van der Waals surface area contributed by atoms with Crippen LogP contribution in [0.1, 0.15) is 31.2 Å². The summed E-state index contributed by atoms with van der Waals surface area (Å²) in [6.45, 7) is 5.74. The summed E-state index contributed by atoms with van der Waals surface area (Å²) in [6.07, 6.45) is 0. The van der Waals surface area contributed by atoms with Gasteiger partial charge in [0.05, 0.1) is 5.69 Å². The molecule has 0 fully saturated rings. The molecule has 0 aliphatic rings. The van der Waals surface area contributed by atoms with Crippen LogP contribution in [0, 0.1) is 12.7 Å². The molecule has 4 N–H and O–H groups in total. The molecule has 1 aromatic carbocycles. The molecule has 0 amide bonds. The van der Waals surface area contributed by atoms with Gasteiger partial charge in [-0.1, -0.05) is 25.4 Å². The van der Waals surface area contributed by atoms with E-state index < -0.39 is 5.82 Å². The molecule has 0 aliphatic heterocycles. The number of anilines is 3. The molecule has 1 heterocycles. The van der Waals surface area contributed by atoms with Crippen LogP contribution >= 0.6 is 11.6 Å². The number of nitrogens with one attached hydrogen (secondary N) is 2. The summed E-state index contributed by atoms with van der Waals surface area (Å²) >= 11 is 5.75. The van der Waals surface area contributed by atoms with Crippen molar-refractivity contribution in [2.24, 2.45) is 5.84 Å². The number of nitrogens with zero attached hydrogens (tertiary/aromatic N) is 2. The van der Waals surface area contributed by atoms with Crippen LogP contribution < -0.4 is 16.6 Å². The second kappa shape index (κ2) is 6.24. The van der Waals surface area contributed by atoms with Crippen molar-refractivity contribution in [2.45, 2.75) is 26.7 Å². The molecule has 7 heteroatoms. The summed E-state index contributed by atoms with van der Waals surface area (Å²) < 4.78 is 13.9. The van der Waals surface area contributed by atoms with Crippen molar-refractivity contribution in [2.75, 3.05) is 10.7 Å². The maximum absolute atomic E-state index is 13.9. The highest BCUT2D eigenvalue weighted by Crippen LogP contribution is 2.27. The molecule has 0 spiro atoms. The Bertz CT molecular complexity index is 660. The zero-order chi connectivity index (χ0) is 15.6. The van der Waals surface area contributed by atoms with Gasteiger partial charge < -0.3 is 10.7 Å². The van der Waals surface area contributed by atoms with Crippen LogP contribution in [-0.4, -0.2) is 9.97 Å². The predicted octanol–water partition coefficient (Wildman–Crippen LogP) is 3.73. The zero-order valence-electron chi connectivity index (χ0n) is 12.0. The second-order valence-electron chi connectivity index (χ2n) is 4.95. The fourth-order valence-electron chi connectivity index (χ4n) is 1.77.